The Morgan fingerprint density at radius 2 is 1.88 bits per heavy atom. The van der Waals surface area contributed by atoms with Crippen LogP contribution in [-0.4, -0.2) is 5.11 Å². The topological polar surface area (TPSA) is 20.2 Å². The van der Waals surface area contributed by atoms with Crippen molar-refractivity contribution in [3.05, 3.63) is 53.6 Å². The molecule has 0 aliphatic heterocycles. The van der Waals surface area contributed by atoms with Crippen molar-refractivity contribution >= 4 is 5.57 Å². The molecule has 0 radical (unpaired) electrons. The van der Waals surface area contributed by atoms with Crippen molar-refractivity contribution in [1.82, 2.24) is 0 Å². The molecule has 0 saturated carbocycles. The summed E-state index contributed by atoms with van der Waals surface area (Å²) in [5.41, 5.74) is 3.38. The zero-order valence-corrected chi connectivity index (χ0v) is 10.8. The number of benzene rings is 1. The van der Waals surface area contributed by atoms with Gasteiger partial charge in [0.25, 0.3) is 0 Å². The standard InChI is InChI=1S/C16H20O/c1-16(2,3)15(17)14-11-7-6-10-13(14)12-8-4-5-9-12/h4-8,10-11,15,17H,9H2,1-3H3. The van der Waals surface area contributed by atoms with Gasteiger partial charge < -0.3 is 5.11 Å². The van der Waals surface area contributed by atoms with E-state index in [4.69, 9.17) is 0 Å². The number of hydrogen-bond donors (Lipinski definition) is 1. The van der Waals surface area contributed by atoms with Gasteiger partial charge in [-0.3, -0.25) is 0 Å². The lowest BCUT2D eigenvalue weighted by Crippen LogP contribution is -2.19. The summed E-state index contributed by atoms with van der Waals surface area (Å²) in [6.45, 7) is 6.20. The van der Waals surface area contributed by atoms with E-state index >= 15 is 0 Å². The summed E-state index contributed by atoms with van der Waals surface area (Å²) in [4.78, 5) is 0. The van der Waals surface area contributed by atoms with Crippen LogP contribution in [0.3, 0.4) is 0 Å². The molecule has 90 valence electrons. The molecule has 1 N–H and O–H groups in total. The van der Waals surface area contributed by atoms with Crippen molar-refractivity contribution in [3.63, 3.8) is 0 Å². The number of aliphatic hydroxyl groups is 1. The third kappa shape index (κ3) is 2.50. The minimum Gasteiger partial charge on any atom is -0.388 e. The highest BCUT2D eigenvalue weighted by Gasteiger charge is 2.26. The molecule has 1 atom stereocenters. The second-order valence-corrected chi connectivity index (χ2v) is 5.68. The SMILES string of the molecule is CC(C)(C)C(O)c1ccccc1C1=CC=CC1. The zero-order valence-electron chi connectivity index (χ0n) is 10.8. The predicted molar refractivity (Wildman–Crippen MR) is 72.6 cm³/mol. The van der Waals surface area contributed by atoms with E-state index in [1.807, 2.05) is 18.2 Å². The average molecular weight is 228 g/mol. The van der Waals surface area contributed by atoms with E-state index in [1.165, 1.54) is 11.1 Å². The maximum Gasteiger partial charge on any atom is 0.0844 e. The minimum absolute atomic E-state index is 0.136. The van der Waals surface area contributed by atoms with Crippen LogP contribution in [-0.2, 0) is 0 Å². The van der Waals surface area contributed by atoms with E-state index in [-0.39, 0.29) is 5.41 Å². The van der Waals surface area contributed by atoms with Crippen molar-refractivity contribution in [2.45, 2.75) is 33.3 Å². The molecule has 0 heterocycles. The minimum atomic E-state index is -0.430. The van der Waals surface area contributed by atoms with Crippen LogP contribution in [0.5, 0.6) is 0 Å². The van der Waals surface area contributed by atoms with Gasteiger partial charge in [0.05, 0.1) is 6.10 Å². The molecule has 0 saturated heterocycles. The zero-order chi connectivity index (χ0) is 12.5. The van der Waals surface area contributed by atoms with E-state index in [2.05, 4.69) is 45.1 Å². The van der Waals surface area contributed by atoms with Crippen LogP contribution in [0.4, 0.5) is 0 Å². The van der Waals surface area contributed by atoms with Gasteiger partial charge in [-0.05, 0) is 28.5 Å². The Morgan fingerprint density at radius 1 is 1.18 bits per heavy atom. The first kappa shape index (κ1) is 12.1. The number of aliphatic hydroxyl groups excluding tert-OH is 1. The quantitative estimate of drug-likeness (QED) is 0.807. The van der Waals surface area contributed by atoms with Crippen LogP contribution in [0.1, 0.15) is 44.4 Å². The maximum atomic E-state index is 10.5. The lowest BCUT2D eigenvalue weighted by atomic mass is 9.81. The van der Waals surface area contributed by atoms with Gasteiger partial charge in [-0.2, -0.15) is 0 Å². The Hall–Kier alpha value is -1.34. The van der Waals surface area contributed by atoms with Gasteiger partial charge in [-0.25, -0.2) is 0 Å². The van der Waals surface area contributed by atoms with Gasteiger partial charge in [0.2, 0.25) is 0 Å². The molecular weight excluding hydrogens is 208 g/mol. The molecule has 1 aromatic rings. The van der Waals surface area contributed by atoms with E-state index in [0.717, 1.165) is 12.0 Å². The van der Waals surface area contributed by atoms with Crippen LogP contribution in [0.15, 0.2) is 42.5 Å². The van der Waals surface area contributed by atoms with Gasteiger partial charge in [0, 0.05) is 0 Å². The summed E-state index contributed by atoms with van der Waals surface area (Å²) >= 11 is 0. The molecule has 1 unspecified atom stereocenters. The Bertz CT molecular complexity index is 461. The first-order valence-electron chi connectivity index (χ1n) is 6.13. The van der Waals surface area contributed by atoms with Crippen molar-refractivity contribution in [2.75, 3.05) is 0 Å². The summed E-state index contributed by atoms with van der Waals surface area (Å²) in [7, 11) is 0. The molecular formula is C16H20O. The molecule has 0 bridgehead atoms. The fourth-order valence-electron chi connectivity index (χ4n) is 2.14. The van der Waals surface area contributed by atoms with Crippen LogP contribution in [0.25, 0.3) is 5.57 Å². The van der Waals surface area contributed by atoms with E-state index in [1.54, 1.807) is 0 Å². The second-order valence-electron chi connectivity index (χ2n) is 5.68. The Morgan fingerprint density at radius 3 is 2.47 bits per heavy atom. The number of hydrogen-bond acceptors (Lipinski definition) is 1. The van der Waals surface area contributed by atoms with Gasteiger partial charge in [0.1, 0.15) is 0 Å². The normalized spacial score (nSPS) is 17.1. The fourth-order valence-corrected chi connectivity index (χ4v) is 2.14. The monoisotopic (exact) mass is 228 g/mol. The van der Waals surface area contributed by atoms with Gasteiger partial charge in [-0.1, -0.05) is 63.3 Å². The molecule has 0 spiro atoms. The average Bonchev–Trinajstić information content (AvgIpc) is 2.80. The van der Waals surface area contributed by atoms with Crippen molar-refractivity contribution in [2.24, 2.45) is 5.41 Å². The highest BCUT2D eigenvalue weighted by atomic mass is 16.3. The molecule has 1 heteroatoms. The molecule has 0 fully saturated rings. The highest BCUT2D eigenvalue weighted by molar-refractivity contribution is 5.73. The summed E-state index contributed by atoms with van der Waals surface area (Å²) in [6.07, 6.45) is 6.90. The first-order chi connectivity index (χ1) is 8.00. The van der Waals surface area contributed by atoms with E-state index < -0.39 is 6.10 Å². The third-order valence-corrected chi connectivity index (χ3v) is 3.19. The Kier molecular flexibility index (Phi) is 3.21. The van der Waals surface area contributed by atoms with Crippen LogP contribution in [0, 0.1) is 5.41 Å². The third-order valence-electron chi connectivity index (χ3n) is 3.19. The van der Waals surface area contributed by atoms with Crippen molar-refractivity contribution < 1.29 is 5.11 Å². The summed E-state index contributed by atoms with van der Waals surface area (Å²) in [5, 5.41) is 10.5. The largest absolute Gasteiger partial charge is 0.388 e. The summed E-state index contributed by atoms with van der Waals surface area (Å²) in [6, 6.07) is 8.16. The van der Waals surface area contributed by atoms with Crippen LogP contribution < -0.4 is 0 Å². The molecule has 0 aromatic heterocycles. The highest BCUT2D eigenvalue weighted by Crippen LogP contribution is 2.37. The Labute approximate surface area is 103 Å². The number of allylic oxidation sites excluding steroid dienone is 4. The smallest absolute Gasteiger partial charge is 0.0844 e. The molecule has 1 aliphatic rings. The Balaban J connectivity index is 2.41. The fraction of sp³-hybridized carbons (Fsp3) is 0.375. The molecule has 1 nitrogen and oxygen atoms in total. The van der Waals surface area contributed by atoms with Crippen LogP contribution >= 0.6 is 0 Å². The molecule has 17 heavy (non-hydrogen) atoms. The molecule has 1 aromatic carbocycles. The molecule has 2 rings (SSSR count). The van der Waals surface area contributed by atoms with Crippen LogP contribution in [0.2, 0.25) is 0 Å². The van der Waals surface area contributed by atoms with Gasteiger partial charge >= 0.3 is 0 Å². The second kappa shape index (κ2) is 4.50. The number of rotatable bonds is 2. The van der Waals surface area contributed by atoms with Crippen molar-refractivity contribution in [1.29, 1.82) is 0 Å². The maximum absolute atomic E-state index is 10.5. The van der Waals surface area contributed by atoms with Gasteiger partial charge in [0.15, 0.2) is 0 Å². The summed E-state index contributed by atoms with van der Waals surface area (Å²) < 4.78 is 0. The lowest BCUT2D eigenvalue weighted by molar-refractivity contribution is 0.0624. The first-order valence-corrected chi connectivity index (χ1v) is 6.13. The van der Waals surface area contributed by atoms with Crippen molar-refractivity contribution in [3.8, 4) is 0 Å². The van der Waals surface area contributed by atoms with Gasteiger partial charge in [-0.15, -0.1) is 0 Å². The summed E-state index contributed by atoms with van der Waals surface area (Å²) in [5.74, 6) is 0. The predicted octanol–water partition coefficient (Wildman–Crippen LogP) is 4.11. The van der Waals surface area contributed by atoms with E-state index in [9.17, 15) is 5.11 Å². The molecule has 0 amide bonds. The van der Waals surface area contributed by atoms with E-state index in [0.29, 0.717) is 0 Å². The molecule has 1 aliphatic carbocycles. The lowest BCUT2D eigenvalue weighted by Gasteiger charge is -2.28.